The molecule has 0 spiro atoms. The highest BCUT2D eigenvalue weighted by molar-refractivity contribution is 7.89. The Morgan fingerprint density at radius 3 is 2.47 bits per heavy atom. The summed E-state index contributed by atoms with van der Waals surface area (Å²) >= 11 is 5.74. The number of aliphatic hydroxyl groups excluding tert-OH is 1. The highest BCUT2D eigenvalue weighted by atomic mass is 35.5. The van der Waals surface area contributed by atoms with E-state index >= 15 is 0 Å². The van der Waals surface area contributed by atoms with Gasteiger partial charge >= 0.3 is 0 Å². The number of benzene rings is 1. The van der Waals surface area contributed by atoms with Crippen LogP contribution in [0.25, 0.3) is 0 Å². The molecule has 17 heavy (non-hydrogen) atoms. The summed E-state index contributed by atoms with van der Waals surface area (Å²) in [4.78, 5) is 0.0822. The summed E-state index contributed by atoms with van der Waals surface area (Å²) in [6.07, 6.45) is -0.809. The van der Waals surface area contributed by atoms with Gasteiger partial charge in [-0.05, 0) is 39.0 Å². The smallest absolute Gasteiger partial charge is 0.241 e. The van der Waals surface area contributed by atoms with Crippen LogP contribution in [0.4, 0.5) is 0 Å². The molecule has 1 aromatic rings. The minimum Gasteiger partial charge on any atom is -0.391 e. The number of hydrogen-bond acceptors (Lipinski definition) is 3. The van der Waals surface area contributed by atoms with E-state index in [0.29, 0.717) is 5.02 Å². The fourth-order valence-electron chi connectivity index (χ4n) is 1.12. The summed E-state index contributed by atoms with van der Waals surface area (Å²) in [6, 6.07) is 5.97. The van der Waals surface area contributed by atoms with E-state index in [1.165, 1.54) is 19.1 Å². The molecule has 0 aliphatic rings. The van der Waals surface area contributed by atoms with Gasteiger partial charge in [0.05, 0.1) is 16.5 Å². The fraction of sp³-hybridized carbons (Fsp3) is 0.455. The van der Waals surface area contributed by atoms with Gasteiger partial charge in [0.15, 0.2) is 0 Å². The lowest BCUT2D eigenvalue weighted by molar-refractivity contribution is 0.111. The van der Waals surface area contributed by atoms with Crippen LogP contribution in [-0.2, 0) is 10.0 Å². The molecule has 0 heterocycles. The molecule has 4 nitrogen and oxygen atoms in total. The number of nitrogens with one attached hydrogen (secondary N) is 1. The van der Waals surface area contributed by atoms with Crippen LogP contribution in [-0.4, -0.2) is 25.2 Å². The Morgan fingerprint density at radius 2 is 2.00 bits per heavy atom. The van der Waals surface area contributed by atoms with E-state index in [9.17, 15) is 13.5 Å². The van der Waals surface area contributed by atoms with Gasteiger partial charge in [0.25, 0.3) is 0 Å². The van der Waals surface area contributed by atoms with Gasteiger partial charge in [0.1, 0.15) is 0 Å². The Bertz CT molecular complexity index is 497. The van der Waals surface area contributed by atoms with Crippen molar-refractivity contribution in [1.82, 2.24) is 4.72 Å². The Morgan fingerprint density at radius 1 is 1.41 bits per heavy atom. The number of rotatable bonds is 4. The molecule has 0 saturated heterocycles. The van der Waals surface area contributed by atoms with Crippen LogP contribution in [0.3, 0.4) is 0 Å². The molecule has 1 rings (SSSR count). The molecule has 0 aliphatic carbocycles. The lowest BCUT2D eigenvalue weighted by Gasteiger charge is -2.28. The maximum Gasteiger partial charge on any atom is 0.241 e. The van der Waals surface area contributed by atoms with Crippen LogP contribution < -0.4 is 4.72 Å². The zero-order valence-corrected chi connectivity index (χ0v) is 11.5. The predicted octanol–water partition coefficient (Wildman–Crippen LogP) is 1.78. The third-order valence-corrected chi connectivity index (χ3v) is 4.45. The molecule has 1 atom stereocenters. The first-order chi connectivity index (χ1) is 7.65. The first kappa shape index (κ1) is 14.4. The summed E-state index contributed by atoms with van der Waals surface area (Å²) < 4.78 is 26.5. The topological polar surface area (TPSA) is 66.4 Å². The zero-order chi connectivity index (χ0) is 13.3. The predicted molar refractivity (Wildman–Crippen MR) is 67.5 cm³/mol. The Hall–Kier alpha value is -0.620. The molecule has 0 bridgehead atoms. The molecule has 0 radical (unpaired) electrons. The van der Waals surface area contributed by atoms with Gasteiger partial charge in [-0.2, -0.15) is 0 Å². The molecule has 96 valence electrons. The number of aliphatic hydroxyl groups is 1. The normalized spacial score (nSPS) is 14.6. The van der Waals surface area contributed by atoms with Crippen LogP contribution in [0.2, 0.25) is 5.02 Å². The Balaban J connectivity index is 3.06. The van der Waals surface area contributed by atoms with E-state index in [2.05, 4.69) is 4.72 Å². The number of halogens is 1. The largest absolute Gasteiger partial charge is 0.391 e. The molecule has 1 aromatic carbocycles. The Kier molecular flexibility index (Phi) is 4.19. The summed E-state index contributed by atoms with van der Waals surface area (Å²) in [6.45, 7) is 4.75. The van der Waals surface area contributed by atoms with Crippen molar-refractivity contribution < 1.29 is 13.5 Å². The maximum atomic E-state index is 12.0. The third kappa shape index (κ3) is 3.67. The van der Waals surface area contributed by atoms with Crippen molar-refractivity contribution in [2.45, 2.75) is 37.3 Å². The molecular formula is C11H16ClNO3S. The SMILES string of the molecule is CC(O)C(C)(C)NS(=O)(=O)c1cccc(Cl)c1. The van der Waals surface area contributed by atoms with Crippen molar-refractivity contribution in [1.29, 1.82) is 0 Å². The van der Waals surface area contributed by atoms with Gasteiger partial charge in [0.2, 0.25) is 10.0 Å². The van der Waals surface area contributed by atoms with Crippen LogP contribution in [0, 0.1) is 0 Å². The van der Waals surface area contributed by atoms with Gasteiger partial charge in [-0.25, -0.2) is 13.1 Å². The quantitative estimate of drug-likeness (QED) is 0.882. The molecule has 0 fully saturated rings. The van der Waals surface area contributed by atoms with Gasteiger partial charge in [0, 0.05) is 5.02 Å². The molecular weight excluding hydrogens is 262 g/mol. The summed E-state index contributed by atoms with van der Waals surface area (Å²) in [7, 11) is -3.68. The average Bonchev–Trinajstić information content (AvgIpc) is 2.15. The minimum absolute atomic E-state index is 0.0822. The summed E-state index contributed by atoms with van der Waals surface area (Å²) in [5, 5.41) is 9.84. The van der Waals surface area contributed by atoms with E-state index in [0.717, 1.165) is 0 Å². The second kappa shape index (κ2) is 4.94. The molecule has 1 unspecified atom stereocenters. The minimum atomic E-state index is -3.68. The van der Waals surface area contributed by atoms with Crippen LogP contribution in [0.1, 0.15) is 20.8 Å². The molecule has 2 N–H and O–H groups in total. The molecule has 0 saturated carbocycles. The Labute approximate surface area is 107 Å². The van der Waals surface area contributed by atoms with Gasteiger partial charge < -0.3 is 5.11 Å². The van der Waals surface area contributed by atoms with E-state index < -0.39 is 21.7 Å². The van der Waals surface area contributed by atoms with Crippen LogP contribution in [0.5, 0.6) is 0 Å². The average molecular weight is 278 g/mol. The van der Waals surface area contributed by atoms with E-state index in [1.807, 2.05) is 0 Å². The highest BCUT2D eigenvalue weighted by Gasteiger charge is 2.30. The van der Waals surface area contributed by atoms with Crippen molar-refractivity contribution in [3.8, 4) is 0 Å². The lowest BCUT2D eigenvalue weighted by Crippen LogP contribution is -2.50. The van der Waals surface area contributed by atoms with Crippen molar-refractivity contribution in [3.05, 3.63) is 29.3 Å². The monoisotopic (exact) mass is 277 g/mol. The summed E-state index contributed by atoms with van der Waals surface area (Å²) in [5.74, 6) is 0. The second-order valence-corrected chi connectivity index (χ2v) is 6.58. The van der Waals surface area contributed by atoms with Gasteiger partial charge in [-0.1, -0.05) is 17.7 Å². The van der Waals surface area contributed by atoms with Crippen LogP contribution >= 0.6 is 11.6 Å². The molecule has 0 aliphatic heterocycles. The van der Waals surface area contributed by atoms with E-state index in [-0.39, 0.29) is 4.90 Å². The molecule has 0 aromatic heterocycles. The van der Waals surface area contributed by atoms with Crippen molar-refractivity contribution in [2.24, 2.45) is 0 Å². The molecule has 6 heteroatoms. The van der Waals surface area contributed by atoms with Crippen molar-refractivity contribution in [3.63, 3.8) is 0 Å². The standard InChI is InChI=1S/C11H16ClNO3S/c1-8(14)11(2,3)13-17(15,16)10-6-4-5-9(12)7-10/h4-8,13-14H,1-3H3. The first-order valence-electron chi connectivity index (χ1n) is 5.13. The number of hydrogen-bond donors (Lipinski definition) is 2. The van der Waals surface area contributed by atoms with Crippen LogP contribution in [0.15, 0.2) is 29.2 Å². The van der Waals surface area contributed by atoms with Crippen molar-refractivity contribution >= 4 is 21.6 Å². The number of sulfonamides is 1. The fourth-order valence-corrected chi connectivity index (χ4v) is 2.90. The molecule has 0 amide bonds. The van der Waals surface area contributed by atoms with Gasteiger partial charge in [-0.3, -0.25) is 0 Å². The van der Waals surface area contributed by atoms with E-state index in [1.54, 1.807) is 26.0 Å². The highest BCUT2D eigenvalue weighted by Crippen LogP contribution is 2.18. The third-order valence-electron chi connectivity index (χ3n) is 2.55. The van der Waals surface area contributed by atoms with Gasteiger partial charge in [-0.15, -0.1) is 0 Å². The van der Waals surface area contributed by atoms with Crippen molar-refractivity contribution in [2.75, 3.05) is 0 Å². The van der Waals surface area contributed by atoms with E-state index in [4.69, 9.17) is 11.6 Å². The lowest BCUT2D eigenvalue weighted by atomic mass is 10.0. The zero-order valence-electron chi connectivity index (χ0n) is 9.94. The summed E-state index contributed by atoms with van der Waals surface area (Å²) in [5.41, 5.74) is -0.943. The first-order valence-corrected chi connectivity index (χ1v) is 6.99. The second-order valence-electron chi connectivity index (χ2n) is 4.46. The maximum absolute atomic E-state index is 12.0.